The van der Waals surface area contributed by atoms with Crippen molar-refractivity contribution < 1.29 is 9.53 Å². The van der Waals surface area contributed by atoms with Crippen LogP contribution in [0, 0.1) is 0 Å². The molecule has 19 heavy (non-hydrogen) atoms. The highest BCUT2D eigenvalue weighted by atomic mass is 32.2. The van der Waals surface area contributed by atoms with Gasteiger partial charge in [0.25, 0.3) is 0 Å². The van der Waals surface area contributed by atoms with Crippen LogP contribution in [0.4, 0.5) is 4.79 Å². The molecule has 0 spiro atoms. The Kier molecular flexibility index (Phi) is 7.00. The molecule has 0 saturated carbocycles. The van der Waals surface area contributed by atoms with E-state index < -0.39 is 5.60 Å². The smallest absolute Gasteiger partial charge is 0.410 e. The molecule has 0 radical (unpaired) electrons. The number of hydrogen-bond donors (Lipinski definition) is 1. The lowest BCUT2D eigenvalue weighted by Crippen LogP contribution is -2.38. The summed E-state index contributed by atoms with van der Waals surface area (Å²) in [6.45, 7) is 10.1. The van der Waals surface area contributed by atoms with Gasteiger partial charge < -0.3 is 15.0 Å². The second-order valence-corrected chi connectivity index (χ2v) is 7.08. The Balaban J connectivity index is 2.18. The van der Waals surface area contributed by atoms with Crippen LogP contribution in [0.15, 0.2) is 0 Å². The van der Waals surface area contributed by atoms with Crippen molar-refractivity contribution >= 4 is 17.9 Å². The Morgan fingerprint density at radius 2 is 2.21 bits per heavy atom. The largest absolute Gasteiger partial charge is 0.444 e. The molecule has 0 bridgehead atoms. The van der Waals surface area contributed by atoms with E-state index in [1.807, 2.05) is 39.5 Å². The van der Waals surface area contributed by atoms with Gasteiger partial charge in [-0.15, -0.1) is 0 Å². The molecule has 1 heterocycles. The molecule has 112 valence electrons. The molecule has 0 aliphatic carbocycles. The third-order valence-electron chi connectivity index (χ3n) is 3.00. The summed E-state index contributed by atoms with van der Waals surface area (Å²) >= 11 is 2.02. The molecular weight excluding hydrogens is 260 g/mol. The fraction of sp³-hybridized carbons (Fsp3) is 0.929. The van der Waals surface area contributed by atoms with Gasteiger partial charge in [0.15, 0.2) is 0 Å². The van der Waals surface area contributed by atoms with Crippen molar-refractivity contribution in [2.24, 2.45) is 0 Å². The second kappa shape index (κ2) is 8.00. The average Bonchev–Trinajstić information content (AvgIpc) is 2.79. The van der Waals surface area contributed by atoms with Crippen molar-refractivity contribution in [3.8, 4) is 0 Å². The number of nitrogens with zero attached hydrogens (tertiary/aromatic N) is 1. The lowest BCUT2D eigenvalue weighted by Gasteiger charge is -2.26. The van der Waals surface area contributed by atoms with Crippen LogP contribution in [0.1, 0.15) is 40.5 Å². The SMILES string of the molecule is CCN(CCCNC1CCSC1)C(=O)OC(C)(C)C. The van der Waals surface area contributed by atoms with Crippen LogP contribution >= 0.6 is 11.8 Å². The van der Waals surface area contributed by atoms with Crippen LogP contribution in [0.2, 0.25) is 0 Å². The number of hydrogen-bond acceptors (Lipinski definition) is 4. The van der Waals surface area contributed by atoms with Crippen LogP contribution in [-0.4, -0.2) is 53.8 Å². The quantitative estimate of drug-likeness (QED) is 0.763. The predicted octanol–water partition coefficient (Wildman–Crippen LogP) is 2.73. The maximum absolute atomic E-state index is 11.9. The predicted molar refractivity (Wildman–Crippen MR) is 81.8 cm³/mol. The van der Waals surface area contributed by atoms with Crippen LogP contribution in [0.25, 0.3) is 0 Å². The fourth-order valence-electron chi connectivity index (χ4n) is 1.98. The second-order valence-electron chi connectivity index (χ2n) is 5.93. The van der Waals surface area contributed by atoms with E-state index in [4.69, 9.17) is 4.74 Å². The van der Waals surface area contributed by atoms with Gasteiger partial charge in [0, 0.05) is 24.9 Å². The van der Waals surface area contributed by atoms with Gasteiger partial charge in [-0.25, -0.2) is 4.79 Å². The minimum atomic E-state index is -0.413. The number of nitrogens with one attached hydrogen (secondary N) is 1. The van der Waals surface area contributed by atoms with Gasteiger partial charge in [-0.3, -0.25) is 0 Å². The van der Waals surface area contributed by atoms with Crippen molar-refractivity contribution in [3.05, 3.63) is 0 Å². The van der Waals surface area contributed by atoms with E-state index in [2.05, 4.69) is 5.32 Å². The minimum Gasteiger partial charge on any atom is -0.444 e. The van der Waals surface area contributed by atoms with Gasteiger partial charge in [-0.1, -0.05) is 0 Å². The molecule has 5 heteroatoms. The van der Waals surface area contributed by atoms with E-state index in [1.165, 1.54) is 17.9 Å². The van der Waals surface area contributed by atoms with E-state index in [-0.39, 0.29) is 6.09 Å². The first-order valence-corrected chi connectivity index (χ1v) is 8.37. The summed E-state index contributed by atoms with van der Waals surface area (Å²) in [4.78, 5) is 13.7. The zero-order chi connectivity index (χ0) is 14.3. The maximum Gasteiger partial charge on any atom is 0.410 e. The van der Waals surface area contributed by atoms with E-state index in [1.54, 1.807) is 4.90 Å². The summed E-state index contributed by atoms with van der Waals surface area (Å²) in [5.74, 6) is 2.50. The summed E-state index contributed by atoms with van der Waals surface area (Å²) in [6.07, 6.45) is 2.05. The highest BCUT2D eigenvalue weighted by molar-refractivity contribution is 7.99. The normalized spacial score (nSPS) is 19.5. The van der Waals surface area contributed by atoms with Gasteiger partial charge in [0.05, 0.1) is 0 Å². The van der Waals surface area contributed by atoms with Gasteiger partial charge in [0.2, 0.25) is 0 Å². The minimum absolute atomic E-state index is 0.202. The molecule has 1 fully saturated rings. The lowest BCUT2D eigenvalue weighted by atomic mass is 10.2. The van der Waals surface area contributed by atoms with E-state index >= 15 is 0 Å². The number of amides is 1. The van der Waals surface area contributed by atoms with Crippen LogP contribution < -0.4 is 5.32 Å². The molecule has 1 saturated heterocycles. The summed E-state index contributed by atoms with van der Waals surface area (Å²) in [7, 11) is 0. The van der Waals surface area contributed by atoms with E-state index in [0.717, 1.165) is 19.5 Å². The van der Waals surface area contributed by atoms with Crippen molar-refractivity contribution in [1.29, 1.82) is 0 Å². The molecule has 1 amide bonds. The summed E-state index contributed by atoms with van der Waals surface area (Å²) in [5, 5.41) is 3.55. The molecule has 0 aromatic carbocycles. The third-order valence-corrected chi connectivity index (χ3v) is 4.16. The van der Waals surface area contributed by atoms with Crippen LogP contribution in [0.5, 0.6) is 0 Å². The van der Waals surface area contributed by atoms with E-state index in [0.29, 0.717) is 12.6 Å². The first-order chi connectivity index (χ1) is 8.92. The first kappa shape index (κ1) is 16.6. The highest BCUT2D eigenvalue weighted by Crippen LogP contribution is 2.16. The fourth-order valence-corrected chi connectivity index (χ4v) is 3.16. The first-order valence-electron chi connectivity index (χ1n) is 7.21. The molecule has 1 atom stereocenters. The zero-order valence-corrected chi connectivity index (χ0v) is 13.5. The number of carbonyl (C=O) groups is 1. The number of carbonyl (C=O) groups excluding carboxylic acids is 1. The molecule has 1 aliphatic rings. The molecule has 1 rings (SSSR count). The number of ether oxygens (including phenoxy) is 1. The zero-order valence-electron chi connectivity index (χ0n) is 12.7. The molecule has 1 unspecified atom stereocenters. The molecule has 4 nitrogen and oxygen atoms in total. The molecule has 0 aromatic rings. The van der Waals surface area contributed by atoms with Gasteiger partial charge >= 0.3 is 6.09 Å². The molecule has 0 aromatic heterocycles. The lowest BCUT2D eigenvalue weighted by molar-refractivity contribution is 0.0258. The highest BCUT2D eigenvalue weighted by Gasteiger charge is 2.21. The standard InChI is InChI=1S/C14H28N2O2S/c1-5-16(13(17)18-14(2,3)4)9-6-8-15-12-7-10-19-11-12/h12,15H,5-11H2,1-4H3. The Morgan fingerprint density at radius 3 is 2.74 bits per heavy atom. The Morgan fingerprint density at radius 1 is 1.47 bits per heavy atom. The van der Waals surface area contributed by atoms with Crippen LogP contribution in [0.3, 0.4) is 0 Å². The maximum atomic E-state index is 11.9. The van der Waals surface area contributed by atoms with Crippen molar-refractivity contribution in [1.82, 2.24) is 10.2 Å². The Labute approximate surface area is 121 Å². The van der Waals surface area contributed by atoms with E-state index in [9.17, 15) is 4.79 Å². The Hall–Kier alpha value is -0.420. The molecule has 1 aliphatic heterocycles. The monoisotopic (exact) mass is 288 g/mol. The van der Waals surface area contributed by atoms with Crippen molar-refractivity contribution in [2.45, 2.75) is 52.2 Å². The molecular formula is C14H28N2O2S. The van der Waals surface area contributed by atoms with Gasteiger partial charge in [-0.05, 0) is 52.8 Å². The van der Waals surface area contributed by atoms with Crippen molar-refractivity contribution in [3.63, 3.8) is 0 Å². The number of thioether (sulfide) groups is 1. The van der Waals surface area contributed by atoms with Gasteiger partial charge in [0.1, 0.15) is 5.60 Å². The molecule has 1 N–H and O–H groups in total. The topological polar surface area (TPSA) is 41.6 Å². The third kappa shape index (κ3) is 7.06. The van der Waals surface area contributed by atoms with Crippen LogP contribution in [-0.2, 0) is 4.74 Å². The number of rotatable bonds is 6. The Bertz CT molecular complexity index is 273. The summed E-state index contributed by atoms with van der Waals surface area (Å²) in [5.41, 5.74) is -0.413. The van der Waals surface area contributed by atoms with Crippen molar-refractivity contribution in [2.75, 3.05) is 31.1 Å². The summed E-state index contributed by atoms with van der Waals surface area (Å²) in [6, 6.07) is 0.668. The van der Waals surface area contributed by atoms with Gasteiger partial charge in [-0.2, -0.15) is 11.8 Å². The average molecular weight is 288 g/mol. The summed E-state index contributed by atoms with van der Waals surface area (Å²) < 4.78 is 5.38.